The topological polar surface area (TPSA) is 132 Å². The Kier molecular flexibility index (Phi) is 7.30. The first-order valence-corrected chi connectivity index (χ1v) is 13.9. The molecule has 0 radical (unpaired) electrons. The molecule has 228 valence electrons. The average Bonchev–Trinajstić information content (AvgIpc) is 3.33. The Morgan fingerprint density at radius 1 is 1.18 bits per heavy atom. The normalized spacial score (nSPS) is 19.2. The standard InChI is InChI=1S/C30H26F4N6O4/c1-16-11-18(4-5-21(16)31)12-20-14-36-24(37-20)22-23(44-28(43)30(32,33)34)26(42)40-15-17-6-8-29(9-7-17,27(40)38-22)39-25(41)19-3-2-10-35-13-19/h2-5,10-11,13-14,17H,6-9,12,15H2,1H3,(H,36,37)(H,39,41). The minimum atomic E-state index is -5.38. The van der Waals surface area contributed by atoms with Gasteiger partial charge in [0.25, 0.3) is 11.5 Å². The van der Waals surface area contributed by atoms with Crippen molar-refractivity contribution in [2.24, 2.45) is 5.92 Å². The number of nitrogens with zero attached hydrogens (tertiary/aromatic N) is 4. The molecular weight excluding hydrogens is 584 g/mol. The van der Waals surface area contributed by atoms with Gasteiger partial charge in [-0.2, -0.15) is 13.2 Å². The van der Waals surface area contributed by atoms with Crippen molar-refractivity contribution >= 4 is 11.9 Å². The number of aromatic amines is 1. The molecule has 0 atom stereocenters. The van der Waals surface area contributed by atoms with Crippen LogP contribution < -0.4 is 15.6 Å². The number of alkyl halides is 3. The first kappa shape index (κ1) is 29.2. The Bertz CT molecular complexity index is 1810. The van der Waals surface area contributed by atoms with Crippen LogP contribution in [0.4, 0.5) is 17.6 Å². The first-order chi connectivity index (χ1) is 20.9. The lowest BCUT2D eigenvalue weighted by atomic mass is 9.77. The number of H-pyrrole nitrogens is 1. The number of imidazole rings is 1. The number of aromatic nitrogens is 5. The Balaban J connectivity index is 1.47. The van der Waals surface area contributed by atoms with Crippen molar-refractivity contribution in [3.05, 3.63) is 93.3 Å². The van der Waals surface area contributed by atoms with Gasteiger partial charge < -0.3 is 15.0 Å². The summed E-state index contributed by atoms with van der Waals surface area (Å²) < 4.78 is 59.5. The summed E-state index contributed by atoms with van der Waals surface area (Å²) in [4.78, 5) is 55.0. The van der Waals surface area contributed by atoms with E-state index in [4.69, 9.17) is 0 Å². The van der Waals surface area contributed by atoms with Crippen molar-refractivity contribution in [3.8, 4) is 17.3 Å². The molecule has 5 heterocycles. The maximum absolute atomic E-state index is 13.9. The number of pyridine rings is 1. The minimum absolute atomic E-state index is 0.00873. The van der Waals surface area contributed by atoms with E-state index in [1.807, 2.05) is 0 Å². The van der Waals surface area contributed by atoms with E-state index in [1.165, 1.54) is 29.2 Å². The van der Waals surface area contributed by atoms with Gasteiger partial charge in [0.2, 0.25) is 5.75 Å². The van der Waals surface area contributed by atoms with Gasteiger partial charge in [-0.25, -0.2) is 19.2 Å². The zero-order valence-corrected chi connectivity index (χ0v) is 23.4. The molecule has 2 aliphatic heterocycles. The van der Waals surface area contributed by atoms with Crippen molar-refractivity contribution in [1.82, 2.24) is 29.8 Å². The van der Waals surface area contributed by atoms with Crippen LogP contribution in [0.15, 0.2) is 53.7 Å². The van der Waals surface area contributed by atoms with Gasteiger partial charge in [-0.1, -0.05) is 12.1 Å². The predicted octanol–water partition coefficient (Wildman–Crippen LogP) is 4.36. The largest absolute Gasteiger partial charge is 0.491 e. The van der Waals surface area contributed by atoms with Crippen molar-refractivity contribution in [2.75, 3.05) is 0 Å². The number of fused-ring (bicyclic) bond motifs is 2. The van der Waals surface area contributed by atoms with E-state index < -0.39 is 40.6 Å². The van der Waals surface area contributed by atoms with Gasteiger partial charge in [-0.3, -0.25) is 19.1 Å². The number of carbonyl (C=O) groups is 2. The van der Waals surface area contributed by atoms with E-state index in [0.717, 1.165) is 5.56 Å². The molecule has 44 heavy (non-hydrogen) atoms. The SMILES string of the molecule is Cc1cc(Cc2cnc(-c3nc4n(c(=O)c3OC(=O)C(F)(F)F)CC3CCC4(NC(=O)c4cccnc4)CC3)[nH]2)ccc1F. The molecule has 14 heteroatoms. The van der Waals surface area contributed by atoms with Crippen LogP contribution in [0.25, 0.3) is 11.5 Å². The van der Waals surface area contributed by atoms with Crippen LogP contribution in [-0.4, -0.2) is 42.6 Å². The second kappa shape index (κ2) is 11.0. The third-order valence-electron chi connectivity index (χ3n) is 8.13. The van der Waals surface area contributed by atoms with Gasteiger partial charge >= 0.3 is 12.1 Å². The molecule has 1 fully saturated rings. The molecule has 0 saturated heterocycles. The molecule has 1 aromatic carbocycles. The summed E-state index contributed by atoms with van der Waals surface area (Å²) in [6.45, 7) is 1.73. The Labute approximate surface area is 247 Å². The third-order valence-corrected chi connectivity index (χ3v) is 8.13. The molecular formula is C30H26F4N6O4. The maximum atomic E-state index is 13.9. The number of esters is 1. The molecule has 0 unspecified atom stereocenters. The molecule has 2 N–H and O–H groups in total. The highest BCUT2D eigenvalue weighted by Gasteiger charge is 2.47. The fourth-order valence-electron chi connectivity index (χ4n) is 5.88. The zero-order valence-electron chi connectivity index (χ0n) is 23.4. The summed E-state index contributed by atoms with van der Waals surface area (Å²) in [6.07, 6.45) is 1.27. The molecule has 1 saturated carbocycles. The lowest BCUT2D eigenvalue weighted by Gasteiger charge is -2.37. The second-order valence-corrected chi connectivity index (χ2v) is 11.2. The summed E-state index contributed by atoms with van der Waals surface area (Å²) in [5.41, 5.74) is -0.614. The van der Waals surface area contributed by atoms with Crippen molar-refractivity contribution in [3.63, 3.8) is 0 Å². The van der Waals surface area contributed by atoms with Crippen LogP contribution >= 0.6 is 0 Å². The van der Waals surface area contributed by atoms with Crippen LogP contribution in [-0.2, 0) is 23.3 Å². The number of amides is 1. The number of nitrogens with one attached hydrogen (secondary N) is 2. The monoisotopic (exact) mass is 610 g/mol. The van der Waals surface area contributed by atoms with Crippen LogP contribution in [0.3, 0.4) is 0 Å². The van der Waals surface area contributed by atoms with Gasteiger partial charge in [-0.05, 0) is 67.9 Å². The van der Waals surface area contributed by atoms with E-state index in [1.54, 1.807) is 31.2 Å². The second-order valence-electron chi connectivity index (χ2n) is 11.2. The quantitative estimate of drug-likeness (QED) is 0.245. The van der Waals surface area contributed by atoms with E-state index in [-0.39, 0.29) is 41.9 Å². The lowest BCUT2D eigenvalue weighted by Crippen LogP contribution is -2.49. The van der Waals surface area contributed by atoms with Crippen LogP contribution in [0.5, 0.6) is 5.75 Å². The molecule has 10 nitrogen and oxygen atoms in total. The van der Waals surface area contributed by atoms with Gasteiger partial charge in [0, 0.05) is 37.3 Å². The van der Waals surface area contributed by atoms with Gasteiger partial charge in [0.15, 0.2) is 11.5 Å². The summed E-state index contributed by atoms with van der Waals surface area (Å²) in [7, 11) is 0. The fourth-order valence-corrected chi connectivity index (χ4v) is 5.88. The van der Waals surface area contributed by atoms with Crippen molar-refractivity contribution in [2.45, 2.75) is 57.3 Å². The predicted molar refractivity (Wildman–Crippen MR) is 147 cm³/mol. The van der Waals surface area contributed by atoms with E-state index in [9.17, 15) is 31.9 Å². The molecule has 3 aliphatic rings. The maximum Gasteiger partial charge on any atom is 0.491 e. The molecule has 1 aliphatic carbocycles. The number of ether oxygens (including phenoxy) is 1. The third kappa shape index (κ3) is 5.47. The smallest absolute Gasteiger partial charge is 0.411 e. The number of halogens is 4. The number of benzene rings is 1. The highest BCUT2D eigenvalue weighted by Crippen LogP contribution is 2.44. The highest BCUT2D eigenvalue weighted by molar-refractivity contribution is 5.94. The molecule has 2 bridgehead atoms. The Hall–Kier alpha value is -4.88. The molecule has 0 spiro atoms. The van der Waals surface area contributed by atoms with E-state index >= 15 is 0 Å². The van der Waals surface area contributed by atoms with Crippen molar-refractivity contribution in [1.29, 1.82) is 0 Å². The van der Waals surface area contributed by atoms with Gasteiger partial charge in [-0.15, -0.1) is 0 Å². The number of aryl methyl sites for hydroxylation is 1. The van der Waals surface area contributed by atoms with E-state index in [2.05, 4.69) is 30.0 Å². The van der Waals surface area contributed by atoms with Crippen molar-refractivity contribution < 1.29 is 31.9 Å². The first-order valence-electron chi connectivity index (χ1n) is 13.9. The van der Waals surface area contributed by atoms with E-state index in [0.29, 0.717) is 36.9 Å². The van der Waals surface area contributed by atoms with Crippen LogP contribution in [0.1, 0.15) is 58.7 Å². The Morgan fingerprint density at radius 2 is 1.95 bits per heavy atom. The van der Waals surface area contributed by atoms with Gasteiger partial charge in [0.1, 0.15) is 11.6 Å². The number of rotatable bonds is 6. The lowest BCUT2D eigenvalue weighted by molar-refractivity contribution is -0.189. The number of hydrogen-bond donors (Lipinski definition) is 2. The molecule has 4 aromatic rings. The van der Waals surface area contributed by atoms with Gasteiger partial charge in [0.05, 0.1) is 11.1 Å². The fraction of sp³-hybridized carbons (Fsp3) is 0.333. The molecule has 1 amide bonds. The zero-order chi connectivity index (χ0) is 31.2. The molecule has 7 rings (SSSR count). The summed E-state index contributed by atoms with van der Waals surface area (Å²) >= 11 is 0. The van der Waals surface area contributed by atoms with Crippen LogP contribution in [0, 0.1) is 18.7 Å². The number of carbonyl (C=O) groups excluding carboxylic acids is 2. The summed E-state index contributed by atoms with van der Waals surface area (Å²) in [6, 6.07) is 7.73. The Morgan fingerprint density at radius 3 is 2.64 bits per heavy atom. The number of hydrogen-bond acceptors (Lipinski definition) is 7. The highest BCUT2D eigenvalue weighted by atomic mass is 19.4. The average molecular weight is 611 g/mol. The summed E-state index contributed by atoms with van der Waals surface area (Å²) in [5, 5.41) is 3.02. The van der Waals surface area contributed by atoms with Crippen LogP contribution in [0.2, 0.25) is 0 Å². The minimum Gasteiger partial charge on any atom is -0.411 e. The summed E-state index contributed by atoms with van der Waals surface area (Å²) in [5.74, 6) is -4.32. The molecule has 3 aromatic heterocycles.